The highest BCUT2D eigenvalue weighted by molar-refractivity contribution is 6.08. The van der Waals surface area contributed by atoms with E-state index in [0.29, 0.717) is 17.1 Å². The number of rotatable bonds is 5. The van der Waals surface area contributed by atoms with Crippen LogP contribution in [0.4, 0.5) is 0 Å². The molecule has 0 atom stereocenters. The molecule has 0 fully saturated rings. The average molecular weight is 266 g/mol. The quantitative estimate of drug-likeness (QED) is 0.766. The second-order valence-corrected chi connectivity index (χ2v) is 4.09. The molecule has 0 aliphatic carbocycles. The lowest BCUT2D eigenvalue weighted by atomic mass is 9.96. The summed E-state index contributed by atoms with van der Waals surface area (Å²) in [6, 6.07) is 0. The predicted molar refractivity (Wildman–Crippen MR) is 70.8 cm³/mol. The molecule has 19 heavy (non-hydrogen) atoms. The number of ether oxygens (including phenoxy) is 3. The van der Waals surface area contributed by atoms with Crippen LogP contribution in [0.5, 0.6) is 17.2 Å². The van der Waals surface area contributed by atoms with Crippen LogP contribution in [0.25, 0.3) is 0 Å². The minimum absolute atomic E-state index is 0.194. The van der Waals surface area contributed by atoms with Crippen LogP contribution in [0, 0.1) is 6.92 Å². The van der Waals surface area contributed by atoms with E-state index in [1.807, 2.05) is 0 Å². The molecule has 104 valence electrons. The van der Waals surface area contributed by atoms with Crippen LogP contribution in [-0.4, -0.2) is 32.9 Å². The van der Waals surface area contributed by atoms with Crippen LogP contribution in [-0.2, 0) is 0 Å². The summed E-state index contributed by atoms with van der Waals surface area (Å²) in [4.78, 5) is 23.6. The van der Waals surface area contributed by atoms with Crippen molar-refractivity contribution >= 4 is 11.6 Å². The Morgan fingerprint density at radius 2 is 1.05 bits per heavy atom. The lowest BCUT2D eigenvalue weighted by Gasteiger charge is -2.20. The van der Waals surface area contributed by atoms with Crippen molar-refractivity contribution in [3.05, 3.63) is 16.7 Å². The average Bonchev–Trinajstić information content (AvgIpc) is 2.36. The van der Waals surface area contributed by atoms with Crippen molar-refractivity contribution in [2.45, 2.75) is 20.8 Å². The van der Waals surface area contributed by atoms with Gasteiger partial charge >= 0.3 is 0 Å². The van der Waals surface area contributed by atoms with Gasteiger partial charge in [0.15, 0.2) is 11.6 Å². The summed E-state index contributed by atoms with van der Waals surface area (Å²) in [7, 11) is 4.32. The summed E-state index contributed by atoms with van der Waals surface area (Å²) in [5, 5.41) is 0. The molecule has 0 unspecified atom stereocenters. The van der Waals surface area contributed by atoms with Crippen molar-refractivity contribution in [3.8, 4) is 17.2 Å². The fourth-order valence-corrected chi connectivity index (χ4v) is 2.16. The van der Waals surface area contributed by atoms with E-state index in [4.69, 9.17) is 14.2 Å². The topological polar surface area (TPSA) is 61.8 Å². The third-order valence-electron chi connectivity index (χ3n) is 2.91. The first-order valence-corrected chi connectivity index (χ1v) is 5.75. The zero-order valence-electron chi connectivity index (χ0n) is 12.0. The Labute approximate surface area is 112 Å². The summed E-state index contributed by atoms with van der Waals surface area (Å²) < 4.78 is 15.8. The Morgan fingerprint density at radius 1 is 0.737 bits per heavy atom. The molecule has 1 rings (SSSR count). The highest BCUT2D eigenvalue weighted by Crippen LogP contribution is 2.43. The Balaban J connectivity index is 3.92. The van der Waals surface area contributed by atoms with Crippen LogP contribution in [0.1, 0.15) is 40.1 Å². The zero-order valence-corrected chi connectivity index (χ0v) is 12.0. The van der Waals surface area contributed by atoms with E-state index in [2.05, 4.69) is 0 Å². The van der Waals surface area contributed by atoms with Gasteiger partial charge < -0.3 is 14.2 Å². The summed E-state index contributed by atoms with van der Waals surface area (Å²) in [6.07, 6.45) is 0. The maximum absolute atomic E-state index is 11.8. The first-order valence-electron chi connectivity index (χ1n) is 5.75. The molecule has 0 aliphatic rings. The highest BCUT2D eigenvalue weighted by Gasteiger charge is 2.28. The number of hydrogen-bond acceptors (Lipinski definition) is 5. The highest BCUT2D eigenvalue weighted by atomic mass is 16.5. The van der Waals surface area contributed by atoms with Crippen LogP contribution in [0.15, 0.2) is 0 Å². The first-order chi connectivity index (χ1) is 8.90. The summed E-state index contributed by atoms with van der Waals surface area (Å²) >= 11 is 0. The van der Waals surface area contributed by atoms with Crippen LogP contribution < -0.4 is 14.2 Å². The van der Waals surface area contributed by atoms with E-state index in [-0.39, 0.29) is 28.4 Å². The largest absolute Gasteiger partial charge is 0.495 e. The van der Waals surface area contributed by atoms with E-state index < -0.39 is 0 Å². The molecule has 1 aromatic carbocycles. The summed E-state index contributed by atoms with van der Waals surface area (Å²) in [5.41, 5.74) is 1.11. The molecule has 0 aliphatic heterocycles. The van der Waals surface area contributed by atoms with E-state index >= 15 is 0 Å². The van der Waals surface area contributed by atoms with Gasteiger partial charge in [-0.05, 0) is 20.8 Å². The molecule has 0 aromatic heterocycles. The molecule has 0 saturated carbocycles. The smallest absolute Gasteiger partial charge is 0.167 e. The molecule has 0 saturated heterocycles. The minimum Gasteiger partial charge on any atom is -0.495 e. The fraction of sp³-hybridized carbons (Fsp3) is 0.429. The summed E-state index contributed by atoms with van der Waals surface area (Å²) in [5.74, 6) is 0.459. The fourth-order valence-electron chi connectivity index (χ4n) is 2.16. The van der Waals surface area contributed by atoms with Gasteiger partial charge in [0.2, 0.25) is 0 Å². The molecule has 0 heterocycles. The van der Waals surface area contributed by atoms with E-state index in [0.717, 1.165) is 0 Å². The summed E-state index contributed by atoms with van der Waals surface area (Å²) in [6.45, 7) is 4.53. The molecule has 0 radical (unpaired) electrons. The Hall–Kier alpha value is -2.04. The maximum Gasteiger partial charge on any atom is 0.167 e. The van der Waals surface area contributed by atoms with Crippen molar-refractivity contribution in [2.75, 3.05) is 21.3 Å². The lowest BCUT2D eigenvalue weighted by Crippen LogP contribution is -2.11. The number of benzene rings is 1. The minimum atomic E-state index is -0.234. The number of carbonyl (C=O) groups is 2. The van der Waals surface area contributed by atoms with Gasteiger partial charge in [-0.3, -0.25) is 9.59 Å². The standard InChI is InChI=1S/C14H18O5/c1-7-12(17-4)10(8(2)15)14(19-6)11(9(3)16)13(7)18-5/h1-6H3. The van der Waals surface area contributed by atoms with Gasteiger partial charge in [0.25, 0.3) is 0 Å². The van der Waals surface area contributed by atoms with Crippen molar-refractivity contribution in [3.63, 3.8) is 0 Å². The molecule has 0 spiro atoms. The van der Waals surface area contributed by atoms with Crippen LogP contribution >= 0.6 is 0 Å². The normalized spacial score (nSPS) is 10.0. The second kappa shape index (κ2) is 5.73. The monoisotopic (exact) mass is 266 g/mol. The van der Waals surface area contributed by atoms with Crippen molar-refractivity contribution in [1.82, 2.24) is 0 Å². The SMILES string of the molecule is COc1c(C)c(OC)c(C(C)=O)c(OC)c1C(C)=O. The molecule has 1 aromatic rings. The van der Waals surface area contributed by atoms with E-state index in [1.54, 1.807) is 6.92 Å². The molecule has 0 N–H and O–H groups in total. The second-order valence-electron chi connectivity index (χ2n) is 4.09. The number of Topliss-reactive ketones (excluding diaryl/α,β-unsaturated/α-hetero) is 2. The molecule has 5 heteroatoms. The predicted octanol–water partition coefficient (Wildman–Crippen LogP) is 2.43. The van der Waals surface area contributed by atoms with Crippen molar-refractivity contribution in [1.29, 1.82) is 0 Å². The third kappa shape index (κ3) is 2.41. The molecule has 0 amide bonds. The first kappa shape index (κ1) is 15.0. The molecular weight excluding hydrogens is 248 g/mol. The number of carbonyl (C=O) groups excluding carboxylic acids is 2. The number of methoxy groups -OCH3 is 3. The molecular formula is C14H18O5. The van der Waals surface area contributed by atoms with Gasteiger partial charge in [-0.25, -0.2) is 0 Å². The van der Waals surface area contributed by atoms with Crippen molar-refractivity contribution < 1.29 is 23.8 Å². The van der Waals surface area contributed by atoms with Gasteiger partial charge in [-0.2, -0.15) is 0 Å². The van der Waals surface area contributed by atoms with Gasteiger partial charge in [0.05, 0.1) is 21.3 Å². The number of ketones is 2. The van der Waals surface area contributed by atoms with Gasteiger partial charge in [0, 0.05) is 5.56 Å². The van der Waals surface area contributed by atoms with Gasteiger partial charge in [-0.15, -0.1) is 0 Å². The third-order valence-corrected chi connectivity index (χ3v) is 2.91. The molecule has 0 bridgehead atoms. The lowest BCUT2D eigenvalue weighted by molar-refractivity contribution is 0.100. The Kier molecular flexibility index (Phi) is 4.53. The zero-order chi connectivity index (χ0) is 14.7. The van der Waals surface area contributed by atoms with Crippen LogP contribution in [0.3, 0.4) is 0 Å². The Bertz CT molecular complexity index is 488. The molecule has 5 nitrogen and oxygen atoms in total. The van der Waals surface area contributed by atoms with Crippen molar-refractivity contribution in [2.24, 2.45) is 0 Å². The van der Waals surface area contributed by atoms with Crippen LogP contribution in [0.2, 0.25) is 0 Å². The van der Waals surface area contributed by atoms with Gasteiger partial charge in [-0.1, -0.05) is 0 Å². The Morgan fingerprint density at radius 3 is 1.26 bits per heavy atom. The van der Waals surface area contributed by atoms with E-state index in [9.17, 15) is 9.59 Å². The number of hydrogen-bond donors (Lipinski definition) is 0. The van der Waals surface area contributed by atoms with E-state index in [1.165, 1.54) is 35.2 Å². The maximum atomic E-state index is 11.8. The van der Waals surface area contributed by atoms with Gasteiger partial charge in [0.1, 0.15) is 28.4 Å².